The second-order valence-corrected chi connectivity index (χ2v) is 5.90. The highest BCUT2D eigenvalue weighted by Crippen LogP contribution is 2.23. The van der Waals surface area contributed by atoms with Crippen molar-refractivity contribution in [1.29, 1.82) is 0 Å². The Balaban J connectivity index is 0.00000102. The Morgan fingerprint density at radius 3 is 2.37 bits per heavy atom. The second-order valence-electron chi connectivity index (χ2n) is 5.90. The maximum Gasteiger partial charge on any atom is 0.159 e. The number of halogens is 2. The van der Waals surface area contributed by atoms with E-state index < -0.39 is 11.6 Å². The lowest BCUT2D eigenvalue weighted by Crippen LogP contribution is -1.95. The van der Waals surface area contributed by atoms with Crippen LogP contribution in [0.1, 0.15) is 11.4 Å². The molecule has 4 aromatic rings. The Kier molecular flexibility index (Phi) is 5.88. The number of rotatable bonds is 4. The van der Waals surface area contributed by atoms with Gasteiger partial charge in [0.25, 0.3) is 0 Å². The largest absolute Gasteiger partial charge is 0.342 e. The van der Waals surface area contributed by atoms with Crippen LogP contribution in [0, 0.1) is 11.6 Å². The summed E-state index contributed by atoms with van der Waals surface area (Å²) in [6.07, 6.45) is 4.75. The third-order valence-electron chi connectivity index (χ3n) is 4.18. The number of pyridine rings is 1. The van der Waals surface area contributed by atoms with Crippen LogP contribution in [0.2, 0.25) is 0 Å². The minimum absolute atomic E-state index is 0.592. The predicted molar refractivity (Wildman–Crippen MR) is 103 cm³/mol. The predicted octanol–water partition coefficient (Wildman–Crippen LogP) is 4.26. The van der Waals surface area contributed by atoms with Crippen LogP contribution >= 0.6 is 0 Å². The van der Waals surface area contributed by atoms with E-state index in [9.17, 15) is 8.78 Å². The smallest absolute Gasteiger partial charge is 0.159 e. The van der Waals surface area contributed by atoms with Gasteiger partial charge in [0.2, 0.25) is 0 Å². The van der Waals surface area contributed by atoms with Gasteiger partial charge < -0.3 is 10.7 Å². The minimum atomic E-state index is -0.823. The normalized spacial score (nSPS) is 10.5. The van der Waals surface area contributed by atoms with Crippen molar-refractivity contribution >= 4 is 11.0 Å². The molecule has 0 aliphatic heterocycles. The van der Waals surface area contributed by atoms with Crippen LogP contribution < -0.4 is 5.73 Å². The first-order chi connectivity index (χ1) is 13.2. The van der Waals surface area contributed by atoms with Gasteiger partial charge in [-0.25, -0.2) is 13.8 Å². The third-order valence-corrected chi connectivity index (χ3v) is 4.18. The maximum atomic E-state index is 13.3. The molecule has 0 amide bonds. The van der Waals surface area contributed by atoms with Crippen LogP contribution in [-0.2, 0) is 12.8 Å². The zero-order chi connectivity index (χ0) is 19.2. The van der Waals surface area contributed by atoms with E-state index in [1.165, 1.54) is 13.1 Å². The molecule has 0 atom stereocenters. The van der Waals surface area contributed by atoms with Crippen molar-refractivity contribution in [1.82, 2.24) is 15.0 Å². The number of nitrogens with zero attached hydrogens (tertiary/aromatic N) is 2. The van der Waals surface area contributed by atoms with Gasteiger partial charge in [-0.2, -0.15) is 0 Å². The molecule has 0 aliphatic rings. The molecule has 2 aromatic carbocycles. The van der Waals surface area contributed by atoms with Gasteiger partial charge in [-0.1, -0.05) is 12.1 Å². The van der Waals surface area contributed by atoms with Crippen molar-refractivity contribution in [3.63, 3.8) is 0 Å². The van der Waals surface area contributed by atoms with Gasteiger partial charge >= 0.3 is 0 Å². The summed E-state index contributed by atoms with van der Waals surface area (Å²) in [7, 11) is 1.50. The summed E-state index contributed by atoms with van der Waals surface area (Å²) >= 11 is 0. The van der Waals surface area contributed by atoms with Crippen molar-refractivity contribution in [2.75, 3.05) is 7.05 Å². The van der Waals surface area contributed by atoms with E-state index in [2.05, 4.69) is 26.8 Å². The fourth-order valence-electron chi connectivity index (χ4n) is 2.86. The molecule has 0 spiro atoms. The lowest BCUT2D eigenvalue weighted by Gasteiger charge is -2.00. The highest BCUT2D eigenvalue weighted by atomic mass is 19.2. The molecule has 138 valence electrons. The van der Waals surface area contributed by atoms with Crippen LogP contribution in [-0.4, -0.2) is 22.0 Å². The van der Waals surface area contributed by atoms with Gasteiger partial charge in [-0.05, 0) is 66.6 Å². The molecule has 3 N–H and O–H groups in total. The Morgan fingerprint density at radius 2 is 1.63 bits per heavy atom. The molecule has 27 heavy (non-hydrogen) atoms. The highest BCUT2D eigenvalue weighted by molar-refractivity contribution is 5.81. The SMILES string of the molecule is CN.Fc1ccc(CCc2nc3ccc(-c4ccncc4)cc3[nH]2)cc1F. The molecule has 4 nitrogen and oxygen atoms in total. The molecular weight excluding hydrogens is 346 g/mol. The zero-order valence-corrected chi connectivity index (χ0v) is 14.9. The maximum absolute atomic E-state index is 13.3. The summed E-state index contributed by atoms with van der Waals surface area (Å²) in [6.45, 7) is 0. The van der Waals surface area contributed by atoms with Crippen molar-refractivity contribution in [3.8, 4) is 11.1 Å². The Bertz CT molecular complexity index is 1030. The second kappa shape index (κ2) is 8.51. The van der Waals surface area contributed by atoms with Crippen molar-refractivity contribution in [3.05, 3.63) is 83.9 Å². The molecule has 0 saturated carbocycles. The van der Waals surface area contributed by atoms with E-state index in [4.69, 9.17) is 0 Å². The standard InChI is InChI=1S/C20H15F2N3.CH5N/c21-16-4-1-13(11-17(16)22)2-6-20-24-18-5-3-15(12-19(18)25-20)14-7-9-23-10-8-14;1-2/h1,3-5,7-12H,2,6H2,(H,24,25);2H2,1H3. The van der Waals surface area contributed by atoms with Gasteiger partial charge in [0, 0.05) is 18.8 Å². The average Bonchev–Trinajstić information content (AvgIpc) is 3.13. The van der Waals surface area contributed by atoms with Crippen molar-refractivity contribution in [2.24, 2.45) is 5.73 Å². The van der Waals surface area contributed by atoms with Crippen LogP contribution in [0.3, 0.4) is 0 Å². The number of hydrogen-bond acceptors (Lipinski definition) is 3. The Labute approximate surface area is 156 Å². The number of H-pyrrole nitrogens is 1. The van der Waals surface area contributed by atoms with Crippen LogP contribution in [0.15, 0.2) is 60.9 Å². The third kappa shape index (κ3) is 4.35. The first-order valence-corrected chi connectivity index (χ1v) is 8.60. The summed E-state index contributed by atoms with van der Waals surface area (Å²) in [6, 6.07) is 14.0. The van der Waals surface area contributed by atoms with Crippen molar-refractivity contribution < 1.29 is 8.78 Å². The molecular formula is C21H20F2N4. The Morgan fingerprint density at radius 1 is 0.852 bits per heavy atom. The van der Waals surface area contributed by atoms with E-state index in [1.807, 2.05) is 24.3 Å². The number of nitrogens with one attached hydrogen (secondary N) is 1. The first kappa shape index (κ1) is 18.7. The van der Waals surface area contributed by atoms with E-state index >= 15 is 0 Å². The topological polar surface area (TPSA) is 67.6 Å². The summed E-state index contributed by atoms with van der Waals surface area (Å²) in [5.74, 6) is -0.813. The highest BCUT2D eigenvalue weighted by Gasteiger charge is 2.07. The van der Waals surface area contributed by atoms with Gasteiger partial charge in [0.1, 0.15) is 5.82 Å². The average molecular weight is 366 g/mol. The van der Waals surface area contributed by atoms with E-state index in [0.717, 1.165) is 39.6 Å². The lowest BCUT2D eigenvalue weighted by atomic mass is 10.1. The number of imidazole rings is 1. The fraction of sp³-hybridized carbons (Fsp3) is 0.143. The summed E-state index contributed by atoms with van der Waals surface area (Å²) in [5, 5.41) is 0. The van der Waals surface area contributed by atoms with E-state index in [0.29, 0.717) is 12.8 Å². The lowest BCUT2D eigenvalue weighted by molar-refractivity contribution is 0.507. The number of hydrogen-bond donors (Lipinski definition) is 2. The molecule has 2 heterocycles. The summed E-state index contributed by atoms with van der Waals surface area (Å²) in [5.41, 5.74) is 9.27. The number of fused-ring (bicyclic) bond motifs is 1. The number of aromatic amines is 1. The fourth-order valence-corrected chi connectivity index (χ4v) is 2.86. The number of nitrogens with two attached hydrogens (primary N) is 1. The van der Waals surface area contributed by atoms with Crippen LogP contribution in [0.5, 0.6) is 0 Å². The number of aryl methyl sites for hydroxylation is 2. The van der Waals surface area contributed by atoms with Crippen LogP contribution in [0.25, 0.3) is 22.2 Å². The van der Waals surface area contributed by atoms with Gasteiger partial charge in [-0.15, -0.1) is 0 Å². The molecule has 0 radical (unpaired) electrons. The molecule has 0 saturated heterocycles. The Hall–Kier alpha value is -3.12. The van der Waals surface area contributed by atoms with Gasteiger partial charge in [-0.3, -0.25) is 4.98 Å². The van der Waals surface area contributed by atoms with E-state index in [1.54, 1.807) is 18.5 Å². The molecule has 0 unspecified atom stereocenters. The van der Waals surface area contributed by atoms with Crippen molar-refractivity contribution in [2.45, 2.75) is 12.8 Å². The zero-order valence-electron chi connectivity index (χ0n) is 14.9. The first-order valence-electron chi connectivity index (χ1n) is 8.60. The minimum Gasteiger partial charge on any atom is -0.342 e. The quantitative estimate of drug-likeness (QED) is 0.567. The molecule has 0 fully saturated rings. The van der Waals surface area contributed by atoms with Crippen LogP contribution in [0.4, 0.5) is 8.78 Å². The monoisotopic (exact) mass is 366 g/mol. The molecule has 0 bridgehead atoms. The molecule has 0 aliphatic carbocycles. The van der Waals surface area contributed by atoms with E-state index in [-0.39, 0.29) is 0 Å². The summed E-state index contributed by atoms with van der Waals surface area (Å²) < 4.78 is 26.3. The van der Waals surface area contributed by atoms with Gasteiger partial charge in [0.05, 0.1) is 11.0 Å². The molecule has 6 heteroatoms. The number of aromatic nitrogens is 3. The number of benzene rings is 2. The van der Waals surface area contributed by atoms with Gasteiger partial charge in [0.15, 0.2) is 11.6 Å². The molecule has 4 rings (SSSR count). The molecule has 2 aromatic heterocycles. The summed E-state index contributed by atoms with van der Waals surface area (Å²) in [4.78, 5) is 11.9.